The number of aromatic nitrogens is 2. The molecular formula is C17H22F2N4O. The van der Waals surface area contributed by atoms with Crippen LogP contribution in [-0.2, 0) is 6.54 Å². The molecule has 0 spiro atoms. The molecule has 130 valence electrons. The maximum atomic E-state index is 14.0. The van der Waals surface area contributed by atoms with Gasteiger partial charge in [0.05, 0.1) is 12.2 Å². The molecule has 7 heteroatoms. The molecule has 0 atom stereocenters. The first-order valence-electron chi connectivity index (χ1n) is 8.28. The Kier molecular flexibility index (Phi) is 5.08. The van der Waals surface area contributed by atoms with Gasteiger partial charge in [-0.3, -0.25) is 4.90 Å². The summed E-state index contributed by atoms with van der Waals surface area (Å²) in [7, 11) is 0. The second-order valence-electron chi connectivity index (χ2n) is 6.39. The summed E-state index contributed by atoms with van der Waals surface area (Å²) in [4.78, 5) is 8.51. The van der Waals surface area contributed by atoms with Crippen molar-refractivity contribution in [1.29, 1.82) is 0 Å². The number of anilines is 1. The molecule has 5 nitrogen and oxygen atoms in total. The van der Waals surface area contributed by atoms with E-state index in [1.165, 1.54) is 0 Å². The second kappa shape index (κ2) is 7.25. The molecule has 2 heterocycles. The van der Waals surface area contributed by atoms with E-state index in [4.69, 9.17) is 4.52 Å². The molecule has 0 unspecified atom stereocenters. The molecule has 2 aromatic rings. The van der Waals surface area contributed by atoms with Gasteiger partial charge in [0.1, 0.15) is 0 Å². The minimum absolute atomic E-state index is 0.210. The van der Waals surface area contributed by atoms with Crippen LogP contribution >= 0.6 is 0 Å². The maximum Gasteiger partial charge on any atom is 0.229 e. The van der Waals surface area contributed by atoms with Crippen LogP contribution in [0.2, 0.25) is 0 Å². The molecule has 0 N–H and O–H groups in total. The fourth-order valence-electron chi connectivity index (χ4n) is 2.87. The van der Waals surface area contributed by atoms with E-state index in [0.29, 0.717) is 37.0 Å². The number of hydrogen-bond donors (Lipinski definition) is 0. The van der Waals surface area contributed by atoms with Crippen molar-refractivity contribution in [3.05, 3.63) is 41.5 Å². The molecule has 24 heavy (non-hydrogen) atoms. The molecule has 0 bridgehead atoms. The topological polar surface area (TPSA) is 45.4 Å². The Morgan fingerprint density at radius 2 is 2.00 bits per heavy atom. The molecule has 1 aliphatic rings. The quantitative estimate of drug-likeness (QED) is 0.858. The summed E-state index contributed by atoms with van der Waals surface area (Å²) in [5, 5.41) is 4.01. The van der Waals surface area contributed by atoms with Crippen molar-refractivity contribution in [3.63, 3.8) is 0 Å². The van der Waals surface area contributed by atoms with E-state index < -0.39 is 11.6 Å². The number of hydrogen-bond acceptors (Lipinski definition) is 5. The minimum Gasteiger partial charge on any atom is -0.368 e. The van der Waals surface area contributed by atoms with Crippen LogP contribution in [0.5, 0.6) is 0 Å². The molecule has 3 rings (SSSR count). The van der Waals surface area contributed by atoms with Gasteiger partial charge in [-0.25, -0.2) is 8.78 Å². The zero-order valence-corrected chi connectivity index (χ0v) is 14.0. The Bertz CT molecular complexity index is 689. The SMILES string of the molecule is CC(C)c1nc(CN2CCCN(c3cccc(F)c3F)CC2)no1. The van der Waals surface area contributed by atoms with E-state index in [2.05, 4.69) is 15.0 Å². The molecular weight excluding hydrogens is 314 g/mol. The minimum atomic E-state index is -0.804. The van der Waals surface area contributed by atoms with Gasteiger partial charge >= 0.3 is 0 Å². The van der Waals surface area contributed by atoms with Gasteiger partial charge in [-0.15, -0.1) is 0 Å². The van der Waals surface area contributed by atoms with E-state index >= 15 is 0 Å². The van der Waals surface area contributed by atoms with E-state index in [9.17, 15) is 8.78 Å². The number of rotatable bonds is 4. The van der Waals surface area contributed by atoms with Gasteiger partial charge < -0.3 is 9.42 Å². The summed E-state index contributed by atoms with van der Waals surface area (Å²) in [5.41, 5.74) is 0.332. The lowest BCUT2D eigenvalue weighted by atomic mass is 10.2. The van der Waals surface area contributed by atoms with Crippen LogP contribution in [0.25, 0.3) is 0 Å². The third-order valence-corrected chi connectivity index (χ3v) is 4.20. The molecule has 1 aromatic carbocycles. The Hall–Kier alpha value is -2.02. The molecule has 1 aromatic heterocycles. The largest absolute Gasteiger partial charge is 0.368 e. The smallest absolute Gasteiger partial charge is 0.229 e. The predicted molar refractivity (Wildman–Crippen MR) is 86.9 cm³/mol. The number of nitrogens with zero attached hydrogens (tertiary/aromatic N) is 4. The van der Waals surface area contributed by atoms with Gasteiger partial charge in [-0.2, -0.15) is 4.98 Å². The molecule has 0 aliphatic carbocycles. The van der Waals surface area contributed by atoms with E-state index in [-0.39, 0.29) is 5.92 Å². The first kappa shape index (κ1) is 16.8. The first-order chi connectivity index (χ1) is 11.5. The number of halogens is 2. The van der Waals surface area contributed by atoms with Crippen molar-refractivity contribution < 1.29 is 13.3 Å². The predicted octanol–water partition coefficient (Wildman–Crippen LogP) is 3.18. The maximum absolute atomic E-state index is 14.0. The van der Waals surface area contributed by atoms with E-state index in [1.807, 2.05) is 18.7 Å². The third kappa shape index (κ3) is 3.72. The monoisotopic (exact) mass is 336 g/mol. The van der Waals surface area contributed by atoms with Crippen LogP contribution in [0.4, 0.5) is 14.5 Å². The van der Waals surface area contributed by atoms with E-state index in [1.54, 1.807) is 12.1 Å². The van der Waals surface area contributed by atoms with Gasteiger partial charge in [0.2, 0.25) is 5.89 Å². The lowest BCUT2D eigenvalue weighted by Crippen LogP contribution is -2.31. The summed E-state index contributed by atoms with van der Waals surface area (Å²) in [6.45, 7) is 7.55. The van der Waals surface area contributed by atoms with Crippen LogP contribution in [-0.4, -0.2) is 41.2 Å². The zero-order valence-electron chi connectivity index (χ0n) is 14.0. The van der Waals surface area contributed by atoms with Crippen molar-refractivity contribution in [3.8, 4) is 0 Å². The molecule has 1 aliphatic heterocycles. The van der Waals surface area contributed by atoms with Crippen LogP contribution in [0, 0.1) is 11.6 Å². The Morgan fingerprint density at radius 1 is 1.17 bits per heavy atom. The highest BCUT2D eigenvalue weighted by atomic mass is 19.2. The Balaban J connectivity index is 1.63. The van der Waals surface area contributed by atoms with Gasteiger partial charge in [0, 0.05) is 32.1 Å². The highest BCUT2D eigenvalue weighted by Crippen LogP contribution is 2.23. The fraction of sp³-hybridized carbons (Fsp3) is 0.529. The van der Waals surface area contributed by atoms with E-state index in [0.717, 1.165) is 25.6 Å². The summed E-state index contributed by atoms with van der Waals surface area (Å²) in [5.74, 6) is -0.0542. The van der Waals surface area contributed by atoms with Gasteiger partial charge in [-0.05, 0) is 18.6 Å². The second-order valence-corrected chi connectivity index (χ2v) is 6.39. The Labute approximate surface area is 140 Å². The standard InChI is InChI=1S/C17H22F2N4O/c1-12(2)17-20-15(21-24-17)11-22-7-4-8-23(10-9-22)14-6-3-5-13(18)16(14)19/h3,5-6,12H,4,7-11H2,1-2H3. The van der Waals surface area contributed by atoms with Gasteiger partial charge in [-0.1, -0.05) is 25.1 Å². The van der Waals surface area contributed by atoms with Crippen LogP contribution in [0.3, 0.4) is 0 Å². The first-order valence-corrected chi connectivity index (χ1v) is 8.28. The van der Waals surface area contributed by atoms with Gasteiger partial charge in [0.15, 0.2) is 17.5 Å². The molecule has 0 saturated carbocycles. The number of benzene rings is 1. The van der Waals surface area contributed by atoms with Crippen molar-refractivity contribution in [2.24, 2.45) is 0 Å². The summed E-state index contributed by atoms with van der Waals surface area (Å²) < 4.78 is 32.6. The normalized spacial score (nSPS) is 16.6. The summed E-state index contributed by atoms with van der Waals surface area (Å²) in [6.07, 6.45) is 0.866. The average Bonchev–Trinajstić information content (AvgIpc) is 2.90. The Morgan fingerprint density at radius 3 is 2.75 bits per heavy atom. The fourth-order valence-corrected chi connectivity index (χ4v) is 2.87. The van der Waals surface area contributed by atoms with Gasteiger partial charge in [0.25, 0.3) is 0 Å². The van der Waals surface area contributed by atoms with Crippen LogP contribution in [0.1, 0.15) is 37.9 Å². The highest BCUT2D eigenvalue weighted by molar-refractivity contribution is 5.48. The lowest BCUT2D eigenvalue weighted by molar-refractivity contribution is 0.271. The average molecular weight is 336 g/mol. The van der Waals surface area contributed by atoms with Crippen LogP contribution in [0.15, 0.2) is 22.7 Å². The lowest BCUT2D eigenvalue weighted by Gasteiger charge is -2.23. The summed E-state index contributed by atoms with van der Waals surface area (Å²) >= 11 is 0. The van der Waals surface area contributed by atoms with Crippen molar-refractivity contribution in [2.45, 2.75) is 32.7 Å². The molecule has 1 fully saturated rings. The van der Waals surface area contributed by atoms with Crippen molar-refractivity contribution >= 4 is 5.69 Å². The summed E-state index contributed by atoms with van der Waals surface area (Å²) in [6, 6.07) is 4.32. The highest BCUT2D eigenvalue weighted by Gasteiger charge is 2.20. The third-order valence-electron chi connectivity index (χ3n) is 4.20. The molecule has 1 saturated heterocycles. The van der Waals surface area contributed by atoms with Crippen LogP contribution < -0.4 is 4.90 Å². The van der Waals surface area contributed by atoms with Crippen molar-refractivity contribution in [1.82, 2.24) is 15.0 Å². The zero-order chi connectivity index (χ0) is 17.1. The molecule has 0 amide bonds. The van der Waals surface area contributed by atoms with Crippen molar-refractivity contribution in [2.75, 3.05) is 31.1 Å². The molecule has 0 radical (unpaired) electrons.